The molecule has 0 bridgehead atoms. The molecule has 12 rings (SSSR count). The molecule has 3 N–H and O–H groups in total. The highest BCUT2D eigenvalue weighted by molar-refractivity contribution is 7.17. The van der Waals surface area contributed by atoms with Crippen LogP contribution in [0.1, 0.15) is 128 Å². The maximum absolute atomic E-state index is 13.9. The van der Waals surface area contributed by atoms with E-state index in [-0.39, 0.29) is 18.1 Å². The number of anilines is 4. The second-order valence-corrected chi connectivity index (χ2v) is 23.7. The minimum Gasteiger partial charge on any atom is -0.455 e. The number of unbranched alkanes of at least 4 members (excludes halogenated alkanes) is 2. The molecular formula is C63H72ClN10O5S+. The number of nitrogens with zero attached hydrogens (tertiary/aromatic N) is 7. The number of alkyl carbamates (subject to hydrolysis) is 1. The summed E-state index contributed by atoms with van der Waals surface area (Å²) in [7, 11) is 0. The van der Waals surface area contributed by atoms with Crippen LogP contribution in [0.5, 0.6) is 11.5 Å². The quantitative estimate of drug-likeness (QED) is 0.0453. The van der Waals surface area contributed by atoms with Gasteiger partial charge in [0.25, 0.3) is 5.91 Å². The highest BCUT2D eigenvalue weighted by atomic mass is 35.5. The molecule has 2 aromatic heterocycles. The van der Waals surface area contributed by atoms with Gasteiger partial charge < -0.3 is 35.2 Å². The molecule has 416 valence electrons. The Hall–Kier alpha value is -6.88. The highest BCUT2D eigenvalue weighted by Gasteiger charge is 2.35. The van der Waals surface area contributed by atoms with E-state index >= 15 is 0 Å². The highest BCUT2D eigenvalue weighted by Crippen LogP contribution is 2.48. The molecule has 0 aliphatic carbocycles. The van der Waals surface area contributed by atoms with Crippen molar-refractivity contribution in [2.75, 3.05) is 93.7 Å². The van der Waals surface area contributed by atoms with Crippen LogP contribution in [0.3, 0.4) is 0 Å². The average molecular weight is 1120 g/mol. The summed E-state index contributed by atoms with van der Waals surface area (Å²) in [6.07, 6.45) is 15.1. The third kappa shape index (κ3) is 11.5. The van der Waals surface area contributed by atoms with E-state index in [0.29, 0.717) is 58.5 Å². The number of carbonyl (C=O) groups is 3. The van der Waals surface area contributed by atoms with Gasteiger partial charge in [0, 0.05) is 128 Å². The molecule has 15 nitrogen and oxygen atoms in total. The summed E-state index contributed by atoms with van der Waals surface area (Å²) in [5, 5.41) is 13.1. The molecule has 6 aliphatic heterocycles. The Bertz CT molecular complexity index is 3480. The Kier molecular flexibility index (Phi) is 16.2. The molecule has 4 aromatic carbocycles. The van der Waals surface area contributed by atoms with Crippen molar-refractivity contribution in [2.24, 2.45) is 0 Å². The van der Waals surface area contributed by atoms with E-state index in [2.05, 4.69) is 69.5 Å². The first-order valence-corrected chi connectivity index (χ1v) is 30.4. The second kappa shape index (κ2) is 24.1. The molecule has 0 radical (unpaired) electrons. The van der Waals surface area contributed by atoms with Gasteiger partial charge in [-0.1, -0.05) is 47.2 Å². The molecule has 1 saturated heterocycles. The fourth-order valence-corrected chi connectivity index (χ4v) is 13.9. The van der Waals surface area contributed by atoms with Crippen molar-refractivity contribution in [2.45, 2.75) is 104 Å². The monoisotopic (exact) mass is 1120 g/mol. The number of rotatable bonds is 17. The smallest absolute Gasteiger partial charge is 0.407 e. The van der Waals surface area contributed by atoms with Crippen LogP contribution in [0.4, 0.5) is 27.2 Å². The lowest BCUT2D eigenvalue weighted by Crippen LogP contribution is -2.47. The molecule has 0 spiro atoms. The van der Waals surface area contributed by atoms with Crippen LogP contribution in [-0.4, -0.2) is 116 Å². The van der Waals surface area contributed by atoms with Crippen LogP contribution in [0.15, 0.2) is 66.9 Å². The van der Waals surface area contributed by atoms with Crippen molar-refractivity contribution in [3.05, 3.63) is 143 Å². The summed E-state index contributed by atoms with van der Waals surface area (Å²) in [5.41, 5.74) is 12.9. The van der Waals surface area contributed by atoms with E-state index in [1.165, 1.54) is 86.7 Å². The molecule has 1 fully saturated rings. The van der Waals surface area contributed by atoms with Crippen LogP contribution in [0, 0.1) is 13.8 Å². The van der Waals surface area contributed by atoms with Gasteiger partial charge in [0.1, 0.15) is 48.7 Å². The fraction of sp³-hybridized carbons (Fsp3) is 0.444. The zero-order valence-corrected chi connectivity index (χ0v) is 47.8. The predicted molar refractivity (Wildman–Crippen MR) is 317 cm³/mol. The summed E-state index contributed by atoms with van der Waals surface area (Å²) in [6.45, 7) is 13.3. The SMILES string of the molecule is Cc1nc(Nc2ncc(C(=O)Cc3c(C)cccc3Cl)s2)cc(N2CCN(CCOC(=O)NCCCCCNC(=O)c3cccc(C4=c5cc6c7c(c5Oc5c4cc4c8c5CCCN8CCCC4)CCC[N+]=7CCCC6)c3)CC2)n1. The zero-order valence-electron chi connectivity index (χ0n) is 46.2. The fourth-order valence-electron chi connectivity index (χ4n) is 12.9. The van der Waals surface area contributed by atoms with Crippen LogP contribution in [-0.2, 0) is 36.8 Å². The van der Waals surface area contributed by atoms with Crippen molar-refractivity contribution in [1.29, 1.82) is 0 Å². The van der Waals surface area contributed by atoms with Crippen LogP contribution in [0.25, 0.3) is 5.57 Å². The maximum atomic E-state index is 13.9. The van der Waals surface area contributed by atoms with E-state index in [1.54, 1.807) is 12.3 Å². The molecule has 0 saturated carbocycles. The van der Waals surface area contributed by atoms with Crippen LogP contribution in [0.2, 0.25) is 5.02 Å². The number of piperazine rings is 1. The van der Waals surface area contributed by atoms with Gasteiger partial charge >= 0.3 is 6.09 Å². The van der Waals surface area contributed by atoms with Crippen molar-refractivity contribution >= 4 is 68.7 Å². The van der Waals surface area contributed by atoms with E-state index in [1.807, 2.05) is 44.2 Å². The molecule has 8 heterocycles. The number of ether oxygens (including phenoxy) is 2. The normalized spacial score (nSPS) is 16.5. The van der Waals surface area contributed by atoms with Gasteiger partial charge in [-0.05, 0) is 137 Å². The van der Waals surface area contributed by atoms with Gasteiger partial charge in [-0.25, -0.2) is 24.3 Å². The number of benzene rings is 4. The Morgan fingerprint density at radius 1 is 0.775 bits per heavy atom. The second-order valence-electron chi connectivity index (χ2n) is 22.3. The summed E-state index contributed by atoms with van der Waals surface area (Å²) in [6, 6.07) is 20.7. The molecule has 0 unspecified atom stereocenters. The average Bonchev–Trinajstić information content (AvgIpc) is 3.65. The van der Waals surface area contributed by atoms with E-state index < -0.39 is 6.09 Å². The first kappa shape index (κ1) is 53.7. The Morgan fingerprint density at radius 2 is 1.57 bits per heavy atom. The molecular weight excluding hydrogens is 1040 g/mol. The Morgan fingerprint density at radius 3 is 2.45 bits per heavy atom. The third-order valence-corrected chi connectivity index (χ3v) is 18.2. The summed E-state index contributed by atoms with van der Waals surface area (Å²) < 4.78 is 15.5. The number of aryl methyl sites for hydroxylation is 4. The van der Waals surface area contributed by atoms with E-state index in [4.69, 9.17) is 26.1 Å². The summed E-state index contributed by atoms with van der Waals surface area (Å²) >= 11 is 7.68. The van der Waals surface area contributed by atoms with Crippen molar-refractivity contribution in [1.82, 2.24) is 35.1 Å². The van der Waals surface area contributed by atoms with Gasteiger partial charge in [-0.3, -0.25) is 14.5 Å². The largest absolute Gasteiger partial charge is 0.455 e. The molecule has 17 heteroatoms. The van der Waals surface area contributed by atoms with Crippen LogP contribution < -0.4 is 45.6 Å². The standard InChI is InChI=1S/C63H71ClN10O5S/c1-40-14-10-21-51(64)48(40)37-52(75)53-39-67-62(80-53)70-54-38-55(69-41(2)68-54)72-30-28-71(29-31-72)32-33-78-63(77)66-23-7-3-6-22-65-61(76)45-18-11-17-42(34-45)56-49-35-43-15-4-8-24-73-26-12-19-46(57(43)73)59(49)79-60-47-20-13-27-74-25-9-5-16-44(58(47)74)36-50(56)60/h10-11,14,17-18,21,34-36,38-39H,3-9,12-13,15-16,19-20,22-33,37H2,1-2H3,(H2-,65,66,67,68,69,70,75,76,77)/p+1. The van der Waals surface area contributed by atoms with Crippen molar-refractivity contribution in [3.8, 4) is 11.5 Å². The molecule has 6 aromatic rings. The number of Topliss-reactive ketones (excluding diaryl/α,β-unsaturated/α-hetero) is 1. The number of amides is 2. The summed E-state index contributed by atoms with van der Waals surface area (Å²) in [4.78, 5) is 61.1. The predicted octanol–water partition coefficient (Wildman–Crippen LogP) is 9.04. The first-order valence-electron chi connectivity index (χ1n) is 29.2. The lowest BCUT2D eigenvalue weighted by molar-refractivity contribution is 0.0951. The zero-order chi connectivity index (χ0) is 54.7. The number of ketones is 1. The van der Waals surface area contributed by atoms with Crippen molar-refractivity contribution < 1.29 is 23.9 Å². The number of carbonyl (C=O) groups excluding carboxylic acids is 3. The minimum absolute atomic E-state index is 0.0378. The number of hydrogen-bond acceptors (Lipinski definition) is 13. The van der Waals surface area contributed by atoms with Gasteiger partial charge in [-0.15, -0.1) is 0 Å². The van der Waals surface area contributed by atoms with E-state index in [9.17, 15) is 14.4 Å². The number of nitrogens with one attached hydrogen (secondary N) is 3. The van der Waals surface area contributed by atoms with Gasteiger partial charge in [-0.2, -0.15) is 0 Å². The topological polar surface area (TPSA) is 157 Å². The Balaban J connectivity index is 0.601. The molecule has 80 heavy (non-hydrogen) atoms. The Labute approximate surface area is 477 Å². The number of aromatic nitrogens is 3. The van der Waals surface area contributed by atoms with E-state index in [0.717, 1.165) is 144 Å². The maximum Gasteiger partial charge on any atom is 0.407 e. The lowest BCUT2D eigenvalue weighted by atomic mass is 9.84. The third-order valence-electron chi connectivity index (χ3n) is 16.9. The van der Waals surface area contributed by atoms with Crippen molar-refractivity contribution in [3.63, 3.8) is 0 Å². The number of halogens is 1. The van der Waals surface area contributed by atoms with Gasteiger partial charge in [0.05, 0.1) is 16.6 Å². The number of hydrogen-bond donors (Lipinski definition) is 3. The van der Waals surface area contributed by atoms with Gasteiger partial charge in [0.2, 0.25) is 5.36 Å². The minimum atomic E-state index is -0.415. The lowest BCUT2D eigenvalue weighted by Gasteiger charge is -2.35. The molecule has 0 atom stereocenters. The van der Waals surface area contributed by atoms with Crippen LogP contribution >= 0.6 is 22.9 Å². The molecule has 2 amide bonds. The number of thiazole rings is 1. The summed E-state index contributed by atoms with van der Waals surface area (Å²) in [5.74, 6) is 4.00. The van der Waals surface area contributed by atoms with Gasteiger partial charge in [0.15, 0.2) is 10.9 Å². The number of fused-ring (bicyclic) bond motifs is 4. The first-order chi connectivity index (χ1) is 39.1. The molecule has 6 aliphatic rings.